The number of likely N-dealkylation sites (tertiary alicyclic amines) is 1. The molecule has 1 atom stereocenters. The second-order valence-electron chi connectivity index (χ2n) is 7.00. The van der Waals surface area contributed by atoms with Gasteiger partial charge >= 0.3 is 0 Å². The maximum absolute atomic E-state index is 12.7. The Labute approximate surface area is 170 Å². The molecule has 1 aliphatic heterocycles. The zero-order valence-electron chi connectivity index (χ0n) is 16.1. The molecule has 146 valence electrons. The van der Waals surface area contributed by atoms with Crippen LogP contribution in [-0.2, 0) is 4.79 Å². The SMILES string of the molecule is O=C(/C=C/c1ccccc1)N1CCCC(c2nccnc2Nc2ccccn2)C1. The van der Waals surface area contributed by atoms with E-state index in [9.17, 15) is 4.79 Å². The molecule has 6 heteroatoms. The summed E-state index contributed by atoms with van der Waals surface area (Å²) in [5.41, 5.74) is 1.90. The van der Waals surface area contributed by atoms with Crippen molar-refractivity contribution in [2.75, 3.05) is 18.4 Å². The predicted molar refractivity (Wildman–Crippen MR) is 114 cm³/mol. The van der Waals surface area contributed by atoms with Crippen LogP contribution in [0.2, 0.25) is 0 Å². The van der Waals surface area contributed by atoms with Gasteiger partial charge in [-0.2, -0.15) is 0 Å². The molecule has 3 aromatic rings. The molecule has 3 heterocycles. The van der Waals surface area contributed by atoms with Crippen molar-refractivity contribution in [3.8, 4) is 0 Å². The summed E-state index contributed by atoms with van der Waals surface area (Å²) in [5, 5.41) is 3.26. The lowest BCUT2D eigenvalue weighted by molar-refractivity contribution is -0.127. The average molecular weight is 385 g/mol. The van der Waals surface area contributed by atoms with Gasteiger partial charge in [0.1, 0.15) is 5.82 Å². The number of piperidine rings is 1. The van der Waals surface area contributed by atoms with E-state index in [-0.39, 0.29) is 11.8 Å². The molecule has 2 aromatic heterocycles. The lowest BCUT2D eigenvalue weighted by Gasteiger charge is -2.32. The molecule has 1 unspecified atom stereocenters. The fraction of sp³-hybridized carbons (Fsp3) is 0.217. The van der Waals surface area contributed by atoms with Crippen LogP contribution in [-0.4, -0.2) is 38.8 Å². The summed E-state index contributed by atoms with van der Waals surface area (Å²) >= 11 is 0. The van der Waals surface area contributed by atoms with Gasteiger partial charge in [-0.25, -0.2) is 9.97 Å². The minimum absolute atomic E-state index is 0.0293. The van der Waals surface area contributed by atoms with E-state index in [2.05, 4.69) is 20.3 Å². The largest absolute Gasteiger partial charge is 0.338 e. The highest BCUT2D eigenvalue weighted by atomic mass is 16.2. The van der Waals surface area contributed by atoms with Crippen LogP contribution in [0.15, 0.2) is 73.2 Å². The molecule has 1 aliphatic rings. The first-order valence-corrected chi connectivity index (χ1v) is 9.80. The molecule has 1 aromatic carbocycles. The molecule has 0 saturated carbocycles. The topological polar surface area (TPSA) is 71.0 Å². The zero-order valence-corrected chi connectivity index (χ0v) is 16.1. The van der Waals surface area contributed by atoms with Crippen molar-refractivity contribution in [3.63, 3.8) is 0 Å². The molecule has 1 saturated heterocycles. The van der Waals surface area contributed by atoms with Crippen LogP contribution < -0.4 is 5.32 Å². The van der Waals surface area contributed by atoms with Crippen molar-refractivity contribution >= 4 is 23.6 Å². The number of rotatable bonds is 5. The van der Waals surface area contributed by atoms with Gasteiger partial charge in [0, 0.05) is 43.7 Å². The first-order chi connectivity index (χ1) is 14.3. The first-order valence-electron chi connectivity index (χ1n) is 9.80. The van der Waals surface area contributed by atoms with Gasteiger partial charge in [0.2, 0.25) is 5.91 Å². The molecule has 29 heavy (non-hydrogen) atoms. The number of carbonyl (C=O) groups excluding carboxylic acids is 1. The minimum atomic E-state index is 0.0293. The van der Waals surface area contributed by atoms with Crippen LogP contribution in [0.3, 0.4) is 0 Å². The summed E-state index contributed by atoms with van der Waals surface area (Å²) < 4.78 is 0. The highest BCUT2D eigenvalue weighted by Crippen LogP contribution is 2.30. The van der Waals surface area contributed by atoms with Crippen molar-refractivity contribution in [1.29, 1.82) is 0 Å². The average Bonchev–Trinajstić information content (AvgIpc) is 2.79. The number of amides is 1. The predicted octanol–water partition coefficient (Wildman–Crippen LogP) is 4.03. The number of pyridine rings is 1. The summed E-state index contributed by atoms with van der Waals surface area (Å²) in [5.74, 6) is 1.59. The van der Waals surface area contributed by atoms with Crippen molar-refractivity contribution in [2.45, 2.75) is 18.8 Å². The second kappa shape index (κ2) is 9.10. The third-order valence-corrected chi connectivity index (χ3v) is 4.98. The highest BCUT2D eigenvalue weighted by molar-refractivity contribution is 5.91. The molecule has 4 rings (SSSR count). The summed E-state index contributed by atoms with van der Waals surface area (Å²) in [6, 6.07) is 15.5. The summed E-state index contributed by atoms with van der Waals surface area (Å²) in [4.78, 5) is 27.9. The normalized spacial score (nSPS) is 16.7. The first kappa shape index (κ1) is 18.8. The van der Waals surface area contributed by atoms with Gasteiger partial charge in [0.25, 0.3) is 0 Å². The Kier molecular flexibility index (Phi) is 5.90. The van der Waals surface area contributed by atoms with Gasteiger partial charge in [-0.1, -0.05) is 36.4 Å². The summed E-state index contributed by atoms with van der Waals surface area (Å²) in [6.45, 7) is 1.39. The van der Waals surface area contributed by atoms with Gasteiger partial charge in [-0.15, -0.1) is 0 Å². The molecule has 0 spiro atoms. The van der Waals surface area contributed by atoms with Crippen molar-refractivity contribution in [1.82, 2.24) is 19.9 Å². The van der Waals surface area contributed by atoms with Crippen LogP contribution in [0.1, 0.15) is 30.0 Å². The van der Waals surface area contributed by atoms with Crippen LogP contribution >= 0.6 is 0 Å². The van der Waals surface area contributed by atoms with Gasteiger partial charge in [-0.05, 0) is 36.6 Å². The molecule has 0 radical (unpaired) electrons. The highest BCUT2D eigenvalue weighted by Gasteiger charge is 2.27. The smallest absolute Gasteiger partial charge is 0.246 e. The number of anilines is 2. The Balaban J connectivity index is 1.47. The molecule has 0 aliphatic carbocycles. The zero-order chi connectivity index (χ0) is 19.9. The standard InChI is InChI=1S/C23H23N5O/c29-21(12-11-18-7-2-1-3-8-18)28-16-6-9-19(17-28)22-23(26-15-14-25-22)27-20-10-4-5-13-24-20/h1-5,7-8,10-15,19H,6,9,16-17H2,(H,24,26,27)/b12-11+. The quantitative estimate of drug-likeness (QED) is 0.671. The number of benzene rings is 1. The Morgan fingerprint density at radius 2 is 1.83 bits per heavy atom. The van der Waals surface area contributed by atoms with Crippen molar-refractivity contribution < 1.29 is 4.79 Å². The van der Waals surface area contributed by atoms with Crippen LogP contribution in [0.4, 0.5) is 11.6 Å². The number of nitrogens with zero attached hydrogens (tertiary/aromatic N) is 4. The van der Waals surface area contributed by atoms with E-state index < -0.39 is 0 Å². The van der Waals surface area contributed by atoms with E-state index in [4.69, 9.17) is 0 Å². The minimum Gasteiger partial charge on any atom is -0.338 e. The van der Waals surface area contributed by atoms with Crippen LogP contribution in [0, 0.1) is 0 Å². The number of nitrogens with one attached hydrogen (secondary N) is 1. The Hall–Kier alpha value is -3.54. The third-order valence-electron chi connectivity index (χ3n) is 4.98. The number of aromatic nitrogens is 3. The molecule has 1 N–H and O–H groups in total. The van der Waals surface area contributed by atoms with Crippen LogP contribution in [0.25, 0.3) is 6.08 Å². The molecule has 1 fully saturated rings. The molecule has 6 nitrogen and oxygen atoms in total. The van der Waals surface area contributed by atoms with E-state index in [0.29, 0.717) is 12.4 Å². The van der Waals surface area contributed by atoms with E-state index in [1.165, 1.54) is 0 Å². The number of hydrogen-bond donors (Lipinski definition) is 1. The number of hydrogen-bond acceptors (Lipinski definition) is 5. The Bertz CT molecular complexity index is 975. The van der Waals surface area contributed by atoms with E-state index in [1.807, 2.05) is 59.5 Å². The molecular formula is C23H23N5O. The third kappa shape index (κ3) is 4.85. The molecular weight excluding hydrogens is 362 g/mol. The Morgan fingerprint density at radius 3 is 2.66 bits per heavy atom. The second-order valence-corrected chi connectivity index (χ2v) is 7.00. The van der Waals surface area contributed by atoms with Gasteiger partial charge in [0.15, 0.2) is 5.82 Å². The summed E-state index contributed by atoms with van der Waals surface area (Å²) in [7, 11) is 0. The fourth-order valence-corrected chi connectivity index (χ4v) is 3.54. The lowest BCUT2D eigenvalue weighted by atomic mass is 9.94. The monoisotopic (exact) mass is 385 g/mol. The van der Waals surface area contributed by atoms with Gasteiger partial charge in [-0.3, -0.25) is 9.78 Å². The summed E-state index contributed by atoms with van der Waals surface area (Å²) in [6.07, 6.45) is 10.5. The van der Waals surface area contributed by atoms with Crippen molar-refractivity contribution in [3.05, 3.63) is 84.5 Å². The fourth-order valence-electron chi connectivity index (χ4n) is 3.54. The lowest BCUT2D eigenvalue weighted by Crippen LogP contribution is -2.38. The maximum Gasteiger partial charge on any atom is 0.246 e. The number of carbonyl (C=O) groups is 1. The maximum atomic E-state index is 12.7. The van der Waals surface area contributed by atoms with Crippen molar-refractivity contribution in [2.24, 2.45) is 0 Å². The Morgan fingerprint density at radius 1 is 1.00 bits per heavy atom. The molecule has 1 amide bonds. The van der Waals surface area contributed by atoms with Gasteiger partial charge in [0.05, 0.1) is 5.69 Å². The van der Waals surface area contributed by atoms with E-state index in [0.717, 1.165) is 36.5 Å². The molecule has 0 bridgehead atoms. The van der Waals surface area contributed by atoms with Gasteiger partial charge < -0.3 is 10.2 Å². The van der Waals surface area contributed by atoms with Crippen LogP contribution in [0.5, 0.6) is 0 Å². The van der Waals surface area contributed by atoms with E-state index in [1.54, 1.807) is 24.7 Å². The van der Waals surface area contributed by atoms with E-state index >= 15 is 0 Å².